The number of phenolic OH excluding ortho intramolecular Hbond substituents is 1. The first-order valence-electron chi connectivity index (χ1n) is 9.18. The van der Waals surface area contributed by atoms with E-state index in [1.807, 2.05) is 0 Å². The number of carbonyl (C=O) groups is 2. The van der Waals surface area contributed by atoms with Crippen molar-refractivity contribution in [2.24, 2.45) is 0 Å². The standard InChI is InChI=1S/C20H23N3O5S/c1-29(27,28)22-17-7-5-14(6-8-17)20(26)23-11-9-16(10-12-23)21-19(25)15-3-2-4-18(24)13-15/h2-8,13,16,22,24H,9-12H2,1H3,(H,21,25). The lowest BCUT2D eigenvalue weighted by molar-refractivity contribution is 0.0698. The Kier molecular flexibility index (Phi) is 6.07. The molecule has 0 atom stereocenters. The van der Waals surface area contributed by atoms with Crippen LogP contribution in [0.15, 0.2) is 48.5 Å². The number of phenols is 1. The number of nitrogens with zero attached hydrogens (tertiary/aromatic N) is 1. The zero-order valence-corrected chi connectivity index (χ0v) is 16.8. The summed E-state index contributed by atoms with van der Waals surface area (Å²) in [6, 6.07) is 12.4. The van der Waals surface area contributed by atoms with E-state index < -0.39 is 10.0 Å². The van der Waals surface area contributed by atoms with Crippen LogP contribution >= 0.6 is 0 Å². The molecule has 1 saturated heterocycles. The molecule has 0 unspecified atom stereocenters. The fourth-order valence-corrected chi connectivity index (χ4v) is 3.78. The quantitative estimate of drug-likeness (QED) is 0.686. The molecule has 1 aliphatic heterocycles. The van der Waals surface area contributed by atoms with Gasteiger partial charge in [-0.15, -0.1) is 0 Å². The molecular weight excluding hydrogens is 394 g/mol. The number of sulfonamides is 1. The first-order valence-corrected chi connectivity index (χ1v) is 11.1. The molecule has 0 spiro atoms. The summed E-state index contributed by atoms with van der Waals surface area (Å²) >= 11 is 0. The Morgan fingerprint density at radius 2 is 1.69 bits per heavy atom. The van der Waals surface area contributed by atoms with Gasteiger partial charge in [0.15, 0.2) is 0 Å². The van der Waals surface area contributed by atoms with Crippen molar-refractivity contribution in [2.45, 2.75) is 18.9 Å². The Labute approximate surface area is 169 Å². The van der Waals surface area contributed by atoms with E-state index >= 15 is 0 Å². The summed E-state index contributed by atoms with van der Waals surface area (Å²) in [7, 11) is -3.36. The SMILES string of the molecule is CS(=O)(=O)Nc1ccc(C(=O)N2CCC(NC(=O)c3cccc(O)c3)CC2)cc1. The highest BCUT2D eigenvalue weighted by atomic mass is 32.2. The van der Waals surface area contributed by atoms with Crippen LogP contribution in [0.5, 0.6) is 5.75 Å². The minimum absolute atomic E-state index is 0.0378. The second-order valence-electron chi connectivity index (χ2n) is 7.04. The molecule has 0 radical (unpaired) electrons. The molecule has 3 rings (SSSR count). The zero-order valence-electron chi connectivity index (χ0n) is 16.0. The fraction of sp³-hybridized carbons (Fsp3) is 0.300. The lowest BCUT2D eigenvalue weighted by Crippen LogP contribution is -2.46. The predicted molar refractivity (Wildman–Crippen MR) is 109 cm³/mol. The van der Waals surface area contributed by atoms with Gasteiger partial charge >= 0.3 is 0 Å². The molecule has 1 heterocycles. The van der Waals surface area contributed by atoms with Gasteiger partial charge in [-0.1, -0.05) is 6.07 Å². The maximum atomic E-state index is 12.7. The highest BCUT2D eigenvalue weighted by Crippen LogP contribution is 2.17. The highest BCUT2D eigenvalue weighted by Gasteiger charge is 2.25. The van der Waals surface area contributed by atoms with Crippen molar-refractivity contribution in [3.8, 4) is 5.75 Å². The summed E-state index contributed by atoms with van der Waals surface area (Å²) in [6.07, 6.45) is 2.32. The van der Waals surface area contributed by atoms with Gasteiger partial charge in [0.2, 0.25) is 10.0 Å². The van der Waals surface area contributed by atoms with Crippen LogP contribution in [-0.4, -0.2) is 55.6 Å². The van der Waals surface area contributed by atoms with E-state index in [0.29, 0.717) is 42.7 Å². The number of hydrogen-bond donors (Lipinski definition) is 3. The van der Waals surface area contributed by atoms with Crippen molar-refractivity contribution in [3.63, 3.8) is 0 Å². The van der Waals surface area contributed by atoms with E-state index in [0.717, 1.165) is 6.26 Å². The molecule has 3 N–H and O–H groups in total. The average Bonchev–Trinajstić information content (AvgIpc) is 2.67. The number of hydrogen-bond acceptors (Lipinski definition) is 5. The van der Waals surface area contributed by atoms with E-state index in [4.69, 9.17) is 0 Å². The topological polar surface area (TPSA) is 116 Å². The lowest BCUT2D eigenvalue weighted by atomic mass is 10.0. The maximum Gasteiger partial charge on any atom is 0.253 e. The Balaban J connectivity index is 1.53. The number of nitrogens with one attached hydrogen (secondary N) is 2. The second-order valence-corrected chi connectivity index (χ2v) is 8.79. The molecule has 0 aliphatic carbocycles. The van der Waals surface area contributed by atoms with Gasteiger partial charge in [-0.25, -0.2) is 8.42 Å². The van der Waals surface area contributed by atoms with Crippen LogP contribution in [0, 0.1) is 0 Å². The second kappa shape index (κ2) is 8.52. The predicted octanol–water partition coefficient (Wildman–Crippen LogP) is 1.80. The van der Waals surface area contributed by atoms with Gasteiger partial charge in [-0.3, -0.25) is 14.3 Å². The van der Waals surface area contributed by atoms with Crippen LogP contribution in [0.25, 0.3) is 0 Å². The van der Waals surface area contributed by atoms with Crippen molar-refractivity contribution in [1.29, 1.82) is 0 Å². The van der Waals surface area contributed by atoms with Gasteiger partial charge < -0.3 is 15.3 Å². The normalized spacial score (nSPS) is 15.0. The number of anilines is 1. The summed E-state index contributed by atoms with van der Waals surface area (Å²) in [4.78, 5) is 26.7. The minimum atomic E-state index is -3.36. The van der Waals surface area contributed by atoms with Crippen molar-refractivity contribution < 1.29 is 23.1 Å². The summed E-state index contributed by atoms with van der Waals surface area (Å²) in [5.41, 5.74) is 1.27. The molecule has 2 aromatic rings. The minimum Gasteiger partial charge on any atom is -0.508 e. The molecule has 2 aromatic carbocycles. The third-order valence-electron chi connectivity index (χ3n) is 4.66. The Morgan fingerprint density at radius 3 is 2.28 bits per heavy atom. The Morgan fingerprint density at radius 1 is 1.03 bits per heavy atom. The Bertz CT molecular complexity index is 997. The first kappa shape index (κ1) is 20.7. The zero-order chi connectivity index (χ0) is 21.0. The van der Waals surface area contributed by atoms with Gasteiger partial charge in [-0.2, -0.15) is 0 Å². The molecule has 9 heteroatoms. The van der Waals surface area contributed by atoms with E-state index in [2.05, 4.69) is 10.0 Å². The van der Waals surface area contributed by atoms with Crippen LogP contribution in [-0.2, 0) is 10.0 Å². The molecule has 1 fully saturated rings. The van der Waals surface area contributed by atoms with E-state index in [-0.39, 0.29) is 23.6 Å². The van der Waals surface area contributed by atoms with Crippen molar-refractivity contribution in [2.75, 3.05) is 24.1 Å². The summed E-state index contributed by atoms with van der Waals surface area (Å²) in [5, 5.41) is 12.4. The van der Waals surface area contributed by atoms with Crippen LogP contribution in [0.1, 0.15) is 33.6 Å². The number of piperidine rings is 1. The number of aromatic hydroxyl groups is 1. The molecule has 154 valence electrons. The van der Waals surface area contributed by atoms with Gasteiger partial charge in [0.25, 0.3) is 11.8 Å². The largest absolute Gasteiger partial charge is 0.508 e. The van der Waals surface area contributed by atoms with E-state index in [1.165, 1.54) is 12.1 Å². The number of carbonyl (C=O) groups excluding carboxylic acids is 2. The monoisotopic (exact) mass is 417 g/mol. The number of rotatable bonds is 5. The van der Waals surface area contributed by atoms with Crippen LogP contribution in [0.3, 0.4) is 0 Å². The van der Waals surface area contributed by atoms with Crippen molar-refractivity contribution >= 4 is 27.5 Å². The highest BCUT2D eigenvalue weighted by molar-refractivity contribution is 7.92. The van der Waals surface area contributed by atoms with Crippen LogP contribution < -0.4 is 10.0 Å². The molecule has 0 aromatic heterocycles. The molecule has 0 saturated carbocycles. The molecule has 1 aliphatic rings. The van der Waals surface area contributed by atoms with E-state index in [9.17, 15) is 23.1 Å². The number of likely N-dealkylation sites (tertiary alicyclic amines) is 1. The number of benzene rings is 2. The molecule has 29 heavy (non-hydrogen) atoms. The van der Waals surface area contributed by atoms with Gasteiger partial charge in [0, 0.05) is 35.9 Å². The van der Waals surface area contributed by atoms with E-state index in [1.54, 1.807) is 41.3 Å². The van der Waals surface area contributed by atoms with Crippen LogP contribution in [0.2, 0.25) is 0 Å². The lowest BCUT2D eigenvalue weighted by Gasteiger charge is -2.32. The maximum absolute atomic E-state index is 12.7. The third kappa shape index (κ3) is 5.71. The molecule has 2 amide bonds. The Hall–Kier alpha value is -3.07. The number of amides is 2. The van der Waals surface area contributed by atoms with Crippen LogP contribution in [0.4, 0.5) is 5.69 Å². The van der Waals surface area contributed by atoms with Gasteiger partial charge in [0.1, 0.15) is 5.75 Å². The smallest absolute Gasteiger partial charge is 0.253 e. The first-order chi connectivity index (χ1) is 13.7. The summed E-state index contributed by atoms with van der Waals surface area (Å²) < 4.78 is 24.9. The summed E-state index contributed by atoms with van der Waals surface area (Å²) in [6.45, 7) is 1.01. The van der Waals surface area contributed by atoms with Crippen molar-refractivity contribution in [1.82, 2.24) is 10.2 Å². The molecule has 0 bridgehead atoms. The van der Waals surface area contributed by atoms with Gasteiger partial charge in [0.05, 0.1) is 6.26 Å². The molecule has 8 nitrogen and oxygen atoms in total. The fourth-order valence-electron chi connectivity index (χ4n) is 3.22. The van der Waals surface area contributed by atoms with Gasteiger partial charge in [-0.05, 0) is 55.3 Å². The third-order valence-corrected chi connectivity index (χ3v) is 5.27. The average molecular weight is 417 g/mol. The van der Waals surface area contributed by atoms with Crippen molar-refractivity contribution in [3.05, 3.63) is 59.7 Å². The molecular formula is C20H23N3O5S. The summed E-state index contributed by atoms with van der Waals surface area (Å²) in [5.74, 6) is -0.343.